The van der Waals surface area contributed by atoms with Crippen LogP contribution < -0.4 is 27.6 Å². The number of hydrogen-bond donors (Lipinski definition) is 0. The molecule has 424 valence electrons. The molecule has 26 heteroatoms. The van der Waals surface area contributed by atoms with Crippen molar-refractivity contribution in [3.05, 3.63) is 85.0 Å². The molecular weight excluding hydrogens is 1070 g/mol. The lowest BCUT2D eigenvalue weighted by molar-refractivity contribution is 0.126. The molecule has 6 heterocycles. The Bertz CT molecular complexity index is 2960. The van der Waals surface area contributed by atoms with E-state index in [1.807, 2.05) is 71.5 Å². The number of ether oxygens (including phenoxy) is 6. The number of para-hydroxylation sites is 2. The Labute approximate surface area is 461 Å². The Kier molecular flexibility index (Phi) is 19.1. The van der Waals surface area contributed by atoms with Gasteiger partial charge in [0, 0.05) is 55.3 Å². The predicted octanol–water partition coefficient (Wildman–Crippen LogP) is 7.98. The third-order valence-electron chi connectivity index (χ3n) is 14.0. The molecule has 0 N–H and O–H groups in total. The molecule has 2 aliphatic rings. The molecule has 0 saturated carbocycles. The topological polar surface area (TPSA) is 243 Å². The molecule has 0 saturated heterocycles. The first-order valence-electron chi connectivity index (χ1n) is 26.0. The Morgan fingerprint density at radius 1 is 0.564 bits per heavy atom. The Balaban J connectivity index is 0.000000226. The molecule has 8 rings (SSSR count). The van der Waals surface area contributed by atoms with Gasteiger partial charge in [0.1, 0.15) is 36.4 Å². The first kappa shape index (κ1) is 59.6. The number of fused-ring (bicyclic) bond motifs is 6. The zero-order valence-corrected chi connectivity index (χ0v) is 50.9. The van der Waals surface area contributed by atoms with Gasteiger partial charge in [0.05, 0.1) is 85.9 Å². The lowest BCUT2D eigenvalue weighted by Gasteiger charge is -2.32. The molecule has 4 aromatic heterocycles. The van der Waals surface area contributed by atoms with Crippen LogP contribution in [-0.4, -0.2) is 161 Å². The van der Waals surface area contributed by atoms with E-state index < -0.39 is 58.5 Å². The van der Waals surface area contributed by atoms with Crippen molar-refractivity contribution in [2.45, 2.75) is 113 Å². The molecule has 0 unspecified atom stereocenters. The SMILES string of the molecule is COC[C@@H]1COc2ccccc2-c2nnc(N(CC[Si](C)(C)C)S(=O)(=O)[C@@H](C)[C@H](C)c3ncc(OC)cn3)n21.COC[C@H]1COc2ccccc2-c2nnc(N(CC[Si](C)(C)C)S(=O)(=O)[C@@H](C)[C@H](C)c3ncc(OC)cn3)n21. The van der Waals surface area contributed by atoms with Gasteiger partial charge in [-0.25, -0.2) is 45.4 Å². The first-order valence-corrected chi connectivity index (χ1v) is 36.4. The Morgan fingerprint density at radius 3 is 1.23 bits per heavy atom. The lowest BCUT2D eigenvalue weighted by atomic mass is 10.1. The summed E-state index contributed by atoms with van der Waals surface area (Å²) in [6, 6.07) is 16.0. The maximum atomic E-state index is 14.4. The molecule has 0 bridgehead atoms. The molecule has 0 amide bonds. The molecule has 22 nitrogen and oxygen atoms in total. The van der Waals surface area contributed by atoms with Gasteiger partial charge in [-0.05, 0) is 50.2 Å². The van der Waals surface area contributed by atoms with Crippen molar-refractivity contribution in [3.8, 4) is 45.8 Å². The fourth-order valence-corrected chi connectivity index (χ4v) is 14.5. The number of rotatable bonds is 22. The van der Waals surface area contributed by atoms with Crippen LogP contribution in [0.2, 0.25) is 51.4 Å². The molecule has 0 radical (unpaired) electrons. The highest BCUT2D eigenvalue weighted by Gasteiger charge is 2.42. The summed E-state index contributed by atoms with van der Waals surface area (Å²) < 4.78 is 97.7. The van der Waals surface area contributed by atoms with E-state index in [2.05, 4.69) is 79.6 Å². The average molecular weight is 1150 g/mol. The largest absolute Gasteiger partial charge is 0.494 e. The maximum Gasteiger partial charge on any atom is 0.241 e. The molecule has 78 heavy (non-hydrogen) atoms. The molecule has 0 aliphatic carbocycles. The van der Waals surface area contributed by atoms with Crippen LogP contribution in [0.1, 0.15) is 63.3 Å². The van der Waals surface area contributed by atoms with Crippen molar-refractivity contribution in [2.75, 3.05) is 76.6 Å². The van der Waals surface area contributed by atoms with Gasteiger partial charge in [-0.1, -0.05) is 77.4 Å². The summed E-state index contributed by atoms with van der Waals surface area (Å²) in [5.74, 6) is 3.88. The summed E-state index contributed by atoms with van der Waals surface area (Å²) in [7, 11) is -4.84. The minimum atomic E-state index is -3.93. The molecule has 0 fully saturated rings. The summed E-state index contributed by atoms with van der Waals surface area (Å²) in [6.45, 7) is 22.1. The van der Waals surface area contributed by atoms with E-state index in [1.54, 1.807) is 52.9 Å². The normalized spacial score (nSPS) is 16.8. The monoisotopic (exact) mass is 1150 g/mol. The quantitative estimate of drug-likeness (QED) is 0.0585. The average Bonchev–Trinajstić information content (AvgIpc) is 3.98. The maximum absolute atomic E-state index is 14.4. The van der Waals surface area contributed by atoms with Crippen LogP contribution in [0.15, 0.2) is 73.3 Å². The summed E-state index contributed by atoms with van der Waals surface area (Å²) in [6.07, 6.45) is 6.19. The van der Waals surface area contributed by atoms with E-state index in [0.717, 1.165) is 23.2 Å². The van der Waals surface area contributed by atoms with Gasteiger partial charge in [-0.2, -0.15) is 0 Å². The van der Waals surface area contributed by atoms with E-state index >= 15 is 0 Å². The summed E-state index contributed by atoms with van der Waals surface area (Å²) >= 11 is 0. The summed E-state index contributed by atoms with van der Waals surface area (Å²) in [4.78, 5) is 17.4. The molecule has 2 aliphatic heterocycles. The Hall–Kier alpha value is -6.07. The zero-order valence-electron chi connectivity index (χ0n) is 47.3. The van der Waals surface area contributed by atoms with Crippen molar-refractivity contribution in [3.63, 3.8) is 0 Å². The second kappa shape index (κ2) is 24.9. The van der Waals surface area contributed by atoms with Crippen LogP contribution >= 0.6 is 0 Å². The summed E-state index contributed by atoms with van der Waals surface area (Å²) in [5, 5.41) is 16.3. The van der Waals surface area contributed by atoms with Crippen LogP contribution in [0.3, 0.4) is 0 Å². The minimum absolute atomic E-state index is 0.264. The van der Waals surface area contributed by atoms with Crippen LogP contribution in [0.25, 0.3) is 22.8 Å². The number of sulfonamides is 2. The van der Waals surface area contributed by atoms with E-state index in [0.29, 0.717) is 72.6 Å². The fourth-order valence-electron chi connectivity index (χ4n) is 8.88. The van der Waals surface area contributed by atoms with Gasteiger partial charge < -0.3 is 28.4 Å². The molecular formula is C52H76N12O10S2Si2. The van der Waals surface area contributed by atoms with E-state index in [1.165, 1.54) is 22.8 Å². The van der Waals surface area contributed by atoms with E-state index in [-0.39, 0.29) is 37.2 Å². The van der Waals surface area contributed by atoms with E-state index in [4.69, 9.17) is 28.4 Å². The summed E-state index contributed by atoms with van der Waals surface area (Å²) in [5.41, 5.74) is 1.51. The standard InChI is InChI=1S/2C26H38N6O5SSi/c2*1-18(24-27-14-21(36-4)15-28-24)19(2)38(33,34)31(12-13-39(5,6)7)26-30-29-25-22-10-8-9-11-23(22)37-17-20(16-35-3)32(25)26/h2*8-11,14-15,18-20H,12-13,16-17H2,1-7H3/t18-,19-,20+;18-,19-,20-/m00/s1. The second-order valence-corrected chi connectivity index (χ2v) is 37.7. The third-order valence-corrected chi connectivity index (χ3v) is 22.1. The van der Waals surface area contributed by atoms with Crippen molar-refractivity contribution >= 4 is 48.1 Å². The van der Waals surface area contributed by atoms with Gasteiger partial charge in [-0.3, -0.25) is 9.13 Å². The second-order valence-electron chi connectivity index (χ2n) is 22.0. The molecule has 2 aromatic carbocycles. The number of methoxy groups -OCH3 is 4. The van der Waals surface area contributed by atoms with Crippen LogP contribution in [-0.2, 0) is 29.5 Å². The van der Waals surface area contributed by atoms with Crippen LogP contribution in [0.5, 0.6) is 23.0 Å². The zero-order chi connectivity index (χ0) is 56.7. The third kappa shape index (κ3) is 13.3. The number of anilines is 2. The van der Waals surface area contributed by atoms with Gasteiger partial charge in [0.15, 0.2) is 23.1 Å². The number of nitrogens with zero attached hydrogens (tertiary/aromatic N) is 12. The number of benzene rings is 2. The Morgan fingerprint density at radius 2 is 0.910 bits per heavy atom. The van der Waals surface area contributed by atoms with Gasteiger partial charge in [0.25, 0.3) is 0 Å². The highest BCUT2D eigenvalue weighted by molar-refractivity contribution is 7.93. The highest BCUT2D eigenvalue weighted by Crippen LogP contribution is 2.41. The molecule has 0 spiro atoms. The highest BCUT2D eigenvalue weighted by atomic mass is 32.2. The van der Waals surface area contributed by atoms with Crippen molar-refractivity contribution in [2.24, 2.45) is 0 Å². The van der Waals surface area contributed by atoms with E-state index in [9.17, 15) is 16.8 Å². The first-order chi connectivity index (χ1) is 36.9. The van der Waals surface area contributed by atoms with Gasteiger partial charge >= 0.3 is 0 Å². The van der Waals surface area contributed by atoms with Crippen molar-refractivity contribution in [1.82, 2.24) is 49.5 Å². The lowest BCUT2D eigenvalue weighted by Crippen LogP contribution is -2.44. The van der Waals surface area contributed by atoms with Crippen molar-refractivity contribution in [1.29, 1.82) is 0 Å². The molecule has 6 aromatic rings. The number of aromatic nitrogens is 10. The smallest absolute Gasteiger partial charge is 0.241 e. The van der Waals surface area contributed by atoms with Crippen LogP contribution in [0, 0.1) is 0 Å². The fraction of sp³-hybridized carbons (Fsp3) is 0.538. The van der Waals surface area contributed by atoms with Gasteiger partial charge in [0.2, 0.25) is 31.9 Å². The van der Waals surface area contributed by atoms with Gasteiger partial charge in [-0.15, -0.1) is 20.4 Å². The minimum Gasteiger partial charge on any atom is -0.494 e. The molecule has 6 atom stereocenters. The van der Waals surface area contributed by atoms with Crippen molar-refractivity contribution < 1.29 is 45.3 Å². The van der Waals surface area contributed by atoms with Crippen LogP contribution in [0.4, 0.5) is 11.9 Å². The predicted molar refractivity (Wildman–Crippen MR) is 305 cm³/mol. The number of hydrogen-bond acceptors (Lipinski definition) is 18.